The summed E-state index contributed by atoms with van der Waals surface area (Å²) in [6.07, 6.45) is 4.28. The molecule has 5 heteroatoms. The lowest BCUT2D eigenvalue weighted by molar-refractivity contribution is 0.0984. The van der Waals surface area contributed by atoms with Gasteiger partial charge in [0.1, 0.15) is 5.75 Å². The van der Waals surface area contributed by atoms with Crippen molar-refractivity contribution in [2.75, 3.05) is 11.5 Å². The molecule has 0 spiro atoms. The van der Waals surface area contributed by atoms with E-state index in [1.54, 1.807) is 16.2 Å². The number of unbranched alkanes of at least 4 members (excludes halogenated alkanes) is 2. The number of hydrogen-bond donors (Lipinski definition) is 0. The average Bonchev–Trinajstić information content (AvgIpc) is 3.28. The van der Waals surface area contributed by atoms with Crippen LogP contribution in [-0.2, 0) is 13.0 Å². The Hall–Kier alpha value is -3.18. The first-order valence-corrected chi connectivity index (χ1v) is 12.5. The van der Waals surface area contributed by atoms with E-state index >= 15 is 0 Å². The third-order valence-corrected chi connectivity index (χ3v) is 6.65. The highest BCUT2D eigenvalue weighted by Crippen LogP contribution is 2.32. The van der Waals surface area contributed by atoms with Crippen molar-refractivity contribution in [2.24, 2.45) is 0 Å². The molecule has 4 aromatic rings. The van der Waals surface area contributed by atoms with E-state index in [9.17, 15) is 4.79 Å². The van der Waals surface area contributed by atoms with Crippen molar-refractivity contribution in [3.63, 3.8) is 0 Å². The molecule has 0 aliphatic heterocycles. The highest BCUT2D eigenvalue weighted by Gasteiger charge is 2.22. The summed E-state index contributed by atoms with van der Waals surface area (Å²) in [6.45, 7) is 5.44. The molecule has 4 nitrogen and oxygen atoms in total. The highest BCUT2D eigenvalue weighted by atomic mass is 32.1. The van der Waals surface area contributed by atoms with Gasteiger partial charge in [-0.25, -0.2) is 4.98 Å². The first kappa shape index (κ1) is 23.0. The molecule has 0 aliphatic rings. The first-order valence-electron chi connectivity index (χ1n) is 11.7. The van der Waals surface area contributed by atoms with Crippen molar-refractivity contribution >= 4 is 32.6 Å². The highest BCUT2D eigenvalue weighted by molar-refractivity contribution is 7.22. The summed E-state index contributed by atoms with van der Waals surface area (Å²) in [5.74, 6) is 0.654. The average molecular weight is 459 g/mol. The van der Waals surface area contributed by atoms with Crippen molar-refractivity contribution in [3.8, 4) is 5.75 Å². The molecular weight excluding hydrogens is 428 g/mol. The number of amides is 1. The van der Waals surface area contributed by atoms with Crippen LogP contribution in [0, 0.1) is 0 Å². The normalized spacial score (nSPS) is 11.0. The number of rotatable bonds is 10. The van der Waals surface area contributed by atoms with Gasteiger partial charge < -0.3 is 4.74 Å². The number of anilines is 1. The van der Waals surface area contributed by atoms with Gasteiger partial charge in [0, 0.05) is 5.56 Å². The maximum absolute atomic E-state index is 13.7. The molecule has 0 fully saturated rings. The van der Waals surface area contributed by atoms with E-state index < -0.39 is 0 Å². The topological polar surface area (TPSA) is 42.4 Å². The fourth-order valence-corrected chi connectivity index (χ4v) is 4.73. The fourth-order valence-electron chi connectivity index (χ4n) is 3.70. The summed E-state index contributed by atoms with van der Waals surface area (Å²) in [4.78, 5) is 20.3. The van der Waals surface area contributed by atoms with E-state index in [0.29, 0.717) is 23.8 Å². The fraction of sp³-hybridized carbons (Fsp3) is 0.286. The van der Waals surface area contributed by atoms with E-state index in [4.69, 9.17) is 9.72 Å². The van der Waals surface area contributed by atoms with Crippen molar-refractivity contribution < 1.29 is 9.53 Å². The van der Waals surface area contributed by atoms with Gasteiger partial charge in [-0.3, -0.25) is 9.69 Å². The monoisotopic (exact) mass is 458 g/mol. The molecule has 0 aliphatic carbocycles. The Bertz CT molecular complexity index is 1200. The molecule has 1 heterocycles. The standard InChI is InChI=1S/C28H30N2O2S/c1-3-5-9-17-32-24-14-10-13-23(19-24)27(31)30(20-22-11-7-6-8-12-22)28-29-25-16-15-21(4-2)18-26(25)33-28/h6-8,10-16,18-19H,3-5,9,17,20H2,1-2H3. The summed E-state index contributed by atoms with van der Waals surface area (Å²) in [5, 5.41) is 0.710. The van der Waals surface area contributed by atoms with E-state index in [0.717, 1.165) is 47.2 Å². The Balaban J connectivity index is 1.64. The minimum Gasteiger partial charge on any atom is -0.494 e. The summed E-state index contributed by atoms with van der Waals surface area (Å²) >= 11 is 1.56. The Labute approximate surface area is 199 Å². The smallest absolute Gasteiger partial charge is 0.260 e. The lowest BCUT2D eigenvalue weighted by atomic mass is 10.1. The van der Waals surface area contributed by atoms with Gasteiger partial charge in [0.2, 0.25) is 0 Å². The molecule has 1 aromatic heterocycles. The summed E-state index contributed by atoms with van der Waals surface area (Å²) < 4.78 is 6.99. The molecule has 33 heavy (non-hydrogen) atoms. The molecule has 0 radical (unpaired) electrons. The van der Waals surface area contributed by atoms with Crippen molar-refractivity contribution in [1.29, 1.82) is 0 Å². The maximum atomic E-state index is 13.7. The van der Waals surface area contributed by atoms with Crippen LogP contribution in [-0.4, -0.2) is 17.5 Å². The molecule has 0 atom stereocenters. The molecule has 3 aromatic carbocycles. The van der Waals surface area contributed by atoms with E-state index in [-0.39, 0.29) is 5.91 Å². The lowest BCUT2D eigenvalue weighted by Crippen LogP contribution is -2.30. The molecule has 0 N–H and O–H groups in total. The third kappa shape index (κ3) is 5.79. The van der Waals surface area contributed by atoms with Gasteiger partial charge in [0.25, 0.3) is 5.91 Å². The zero-order valence-corrected chi connectivity index (χ0v) is 20.1. The zero-order chi connectivity index (χ0) is 23.0. The van der Waals surface area contributed by atoms with Gasteiger partial charge in [-0.1, -0.05) is 80.5 Å². The Morgan fingerprint density at radius 3 is 2.58 bits per heavy atom. The van der Waals surface area contributed by atoms with Crippen LogP contribution in [0.25, 0.3) is 10.2 Å². The number of carbonyl (C=O) groups is 1. The summed E-state index contributed by atoms with van der Waals surface area (Å²) in [6, 6.07) is 23.9. The molecule has 170 valence electrons. The lowest BCUT2D eigenvalue weighted by Gasteiger charge is -2.20. The van der Waals surface area contributed by atoms with Crippen LogP contribution in [0.4, 0.5) is 5.13 Å². The number of carbonyl (C=O) groups excluding carboxylic acids is 1. The first-order chi connectivity index (χ1) is 16.2. The number of aromatic nitrogens is 1. The maximum Gasteiger partial charge on any atom is 0.260 e. The van der Waals surface area contributed by atoms with Gasteiger partial charge in [-0.2, -0.15) is 0 Å². The van der Waals surface area contributed by atoms with Crippen LogP contribution in [0.1, 0.15) is 54.6 Å². The van der Waals surface area contributed by atoms with Crippen LogP contribution in [0.2, 0.25) is 0 Å². The second-order valence-electron chi connectivity index (χ2n) is 8.11. The molecule has 0 saturated carbocycles. The van der Waals surface area contributed by atoms with Crippen molar-refractivity contribution in [3.05, 3.63) is 89.5 Å². The number of aryl methyl sites for hydroxylation is 1. The summed E-state index contributed by atoms with van der Waals surface area (Å²) in [7, 11) is 0. The minimum atomic E-state index is -0.0763. The predicted octanol–water partition coefficient (Wildman–Crippen LogP) is 7.27. The molecule has 4 rings (SSSR count). The molecular formula is C28H30N2O2S. The third-order valence-electron chi connectivity index (χ3n) is 5.61. The number of hydrogen-bond acceptors (Lipinski definition) is 4. The Kier molecular flexibility index (Phi) is 7.74. The Morgan fingerprint density at radius 1 is 0.939 bits per heavy atom. The Morgan fingerprint density at radius 2 is 1.79 bits per heavy atom. The van der Waals surface area contributed by atoms with Gasteiger partial charge in [-0.15, -0.1) is 0 Å². The summed E-state index contributed by atoms with van der Waals surface area (Å²) in [5.41, 5.74) is 3.86. The van der Waals surface area contributed by atoms with E-state index in [1.165, 1.54) is 5.56 Å². The van der Waals surface area contributed by atoms with Crippen LogP contribution >= 0.6 is 11.3 Å². The van der Waals surface area contributed by atoms with E-state index in [1.807, 2.05) is 60.7 Å². The van der Waals surface area contributed by atoms with Crippen LogP contribution in [0.3, 0.4) is 0 Å². The molecule has 0 bridgehead atoms. The number of nitrogens with zero attached hydrogens (tertiary/aromatic N) is 2. The molecule has 1 amide bonds. The van der Waals surface area contributed by atoms with E-state index in [2.05, 4.69) is 26.0 Å². The SMILES string of the molecule is CCCCCOc1cccc(C(=O)N(Cc2ccccc2)c2nc3ccc(CC)cc3s2)c1. The minimum absolute atomic E-state index is 0.0763. The van der Waals surface area contributed by atoms with Crippen LogP contribution < -0.4 is 9.64 Å². The number of benzene rings is 3. The largest absolute Gasteiger partial charge is 0.494 e. The molecule has 0 unspecified atom stereocenters. The van der Waals surface area contributed by atoms with Crippen molar-refractivity contribution in [2.45, 2.75) is 46.1 Å². The van der Waals surface area contributed by atoms with Gasteiger partial charge in [0.15, 0.2) is 5.13 Å². The molecule has 0 saturated heterocycles. The van der Waals surface area contributed by atoms with Gasteiger partial charge in [0.05, 0.1) is 23.4 Å². The number of ether oxygens (including phenoxy) is 1. The zero-order valence-electron chi connectivity index (χ0n) is 19.3. The quantitative estimate of drug-likeness (QED) is 0.235. The second-order valence-corrected chi connectivity index (χ2v) is 9.12. The van der Waals surface area contributed by atoms with Crippen LogP contribution in [0.15, 0.2) is 72.8 Å². The van der Waals surface area contributed by atoms with Crippen molar-refractivity contribution in [1.82, 2.24) is 4.98 Å². The van der Waals surface area contributed by atoms with Crippen LogP contribution in [0.5, 0.6) is 5.75 Å². The van der Waals surface area contributed by atoms with Gasteiger partial charge in [-0.05, 0) is 54.3 Å². The second kappa shape index (κ2) is 11.1. The number of fused-ring (bicyclic) bond motifs is 1. The number of thiazole rings is 1. The predicted molar refractivity (Wildman–Crippen MR) is 137 cm³/mol. The van der Waals surface area contributed by atoms with Gasteiger partial charge >= 0.3 is 0 Å².